The minimum absolute atomic E-state index is 0.114. The number of carbonyl (C=O) groups is 1. The summed E-state index contributed by atoms with van der Waals surface area (Å²) in [5.41, 5.74) is 1.02. The lowest BCUT2D eigenvalue weighted by Crippen LogP contribution is -2.39. The van der Waals surface area contributed by atoms with Crippen molar-refractivity contribution in [2.45, 2.75) is 80.8 Å². The third kappa shape index (κ3) is 4.51. The number of nitrogens with one attached hydrogen (secondary N) is 1. The Labute approximate surface area is 164 Å². The molecule has 7 heteroatoms. The van der Waals surface area contributed by atoms with Gasteiger partial charge in [0.15, 0.2) is 11.0 Å². The lowest BCUT2D eigenvalue weighted by Gasteiger charge is -2.19. The molecule has 1 N–H and O–H groups in total. The van der Waals surface area contributed by atoms with Crippen LogP contribution in [0.4, 0.5) is 0 Å². The molecule has 6 nitrogen and oxygen atoms in total. The number of thioether (sulfide) groups is 1. The van der Waals surface area contributed by atoms with Crippen LogP contribution in [-0.2, 0) is 4.79 Å². The predicted octanol–water partition coefficient (Wildman–Crippen LogP) is 3.99. The summed E-state index contributed by atoms with van der Waals surface area (Å²) in [5.74, 6) is 0.987. The lowest BCUT2D eigenvalue weighted by molar-refractivity contribution is -0.121. The van der Waals surface area contributed by atoms with Gasteiger partial charge in [-0.3, -0.25) is 14.3 Å². The summed E-state index contributed by atoms with van der Waals surface area (Å²) in [6, 6.07) is 4.69. The Hall–Kier alpha value is -1.89. The van der Waals surface area contributed by atoms with E-state index in [1.54, 1.807) is 12.4 Å². The summed E-state index contributed by atoms with van der Waals surface area (Å²) in [4.78, 5) is 16.8. The van der Waals surface area contributed by atoms with Crippen LogP contribution < -0.4 is 5.32 Å². The third-order valence-electron chi connectivity index (χ3n) is 5.37. The van der Waals surface area contributed by atoms with Crippen LogP contribution in [0.2, 0.25) is 0 Å². The molecule has 0 unspecified atom stereocenters. The molecule has 2 aromatic heterocycles. The highest BCUT2D eigenvalue weighted by Gasteiger charge is 2.31. The summed E-state index contributed by atoms with van der Waals surface area (Å²) in [6.45, 7) is 1.97. The Bertz CT molecular complexity index is 766. The van der Waals surface area contributed by atoms with Crippen molar-refractivity contribution >= 4 is 17.7 Å². The van der Waals surface area contributed by atoms with E-state index >= 15 is 0 Å². The molecule has 0 bridgehead atoms. The first-order valence-electron chi connectivity index (χ1n) is 10.0. The van der Waals surface area contributed by atoms with Crippen LogP contribution in [0.3, 0.4) is 0 Å². The molecule has 1 atom stereocenters. The second-order valence-corrected chi connectivity index (χ2v) is 8.91. The molecule has 144 valence electrons. The van der Waals surface area contributed by atoms with E-state index in [9.17, 15) is 4.79 Å². The molecule has 2 heterocycles. The van der Waals surface area contributed by atoms with Crippen LogP contribution in [0.15, 0.2) is 29.7 Å². The maximum Gasteiger partial charge on any atom is 0.233 e. The van der Waals surface area contributed by atoms with Gasteiger partial charge in [0, 0.05) is 30.0 Å². The van der Waals surface area contributed by atoms with Gasteiger partial charge >= 0.3 is 0 Å². The number of pyridine rings is 1. The Balaban J connectivity index is 1.45. The highest BCUT2D eigenvalue weighted by Crippen LogP contribution is 2.41. The quantitative estimate of drug-likeness (QED) is 0.601. The third-order valence-corrected chi connectivity index (χ3v) is 6.42. The van der Waals surface area contributed by atoms with Gasteiger partial charge in [0.1, 0.15) is 0 Å². The second-order valence-electron chi connectivity index (χ2n) is 7.60. The zero-order valence-corrected chi connectivity index (χ0v) is 16.6. The number of hydrogen-bond acceptors (Lipinski definition) is 5. The largest absolute Gasteiger partial charge is 0.352 e. The SMILES string of the molecule is C[C@H](Sc1nnc(-c2ccncc2)n1C1CC1)C(=O)NC1CCCCCC1. The molecule has 2 saturated carbocycles. The van der Waals surface area contributed by atoms with Gasteiger partial charge in [0.25, 0.3) is 0 Å². The molecule has 0 radical (unpaired) electrons. The van der Waals surface area contributed by atoms with Gasteiger partial charge in [-0.05, 0) is 44.7 Å². The Morgan fingerprint density at radius 3 is 2.48 bits per heavy atom. The number of carbonyl (C=O) groups excluding carboxylic acids is 1. The number of hydrogen-bond donors (Lipinski definition) is 1. The van der Waals surface area contributed by atoms with Gasteiger partial charge in [-0.25, -0.2) is 0 Å². The normalized spacial score (nSPS) is 19.4. The van der Waals surface area contributed by atoms with Crippen molar-refractivity contribution in [3.8, 4) is 11.4 Å². The van der Waals surface area contributed by atoms with Gasteiger partial charge < -0.3 is 5.32 Å². The zero-order chi connectivity index (χ0) is 18.6. The molecule has 2 fully saturated rings. The number of nitrogens with zero attached hydrogens (tertiary/aromatic N) is 4. The van der Waals surface area contributed by atoms with Crippen LogP contribution in [0.25, 0.3) is 11.4 Å². The lowest BCUT2D eigenvalue weighted by atomic mass is 10.1. The molecule has 0 aromatic carbocycles. The standard InChI is InChI=1S/C20H27N5OS/c1-14(19(26)22-16-6-4-2-3-5-7-16)27-20-24-23-18(25(20)17-8-9-17)15-10-12-21-13-11-15/h10-14,16-17H,2-9H2,1H3,(H,22,26)/t14-/m0/s1. The highest BCUT2D eigenvalue weighted by molar-refractivity contribution is 8.00. The first kappa shape index (κ1) is 18.5. The summed E-state index contributed by atoms with van der Waals surface area (Å²) in [6.07, 6.45) is 13.1. The van der Waals surface area contributed by atoms with E-state index in [2.05, 4.69) is 25.1 Å². The van der Waals surface area contributed by atoms with Crippen molar-refractivity contribution in [3.05, 3.63) is 24.5 Å². The van der Waals surface area contributed by atoms with Gasteiger partial charge in [-0.15, -0.1) is 10.2 Å². The number of aromatic nitrogens is 4. The molecule has 0 saturated heterocycles. The summed E-state index contributed by atoms with van der Waals surface area (Å²) < 4.78 is 2.20. The van der Waals surface area contributed by atoms with E-state index < -0.39 is 0 Å². The average molecular weight is 386 g/mol. The van der Waals surface area contributed by atoms with Crippen LogP contribution in [0.5, 0.6) is 0 Å². The van der Waals surface area contributed by atoms with Crippen molar-refractivity contribution in [1.29, 1.82) is 0 Å². The molecular weight excluding hydrogens is 358 g/mol. The van der Waals surface area contributed by atoms with Crippen LogP contribution >= 0.6 is 11.8 Å². The Kier molecular flexibility index (Phi) is 5.76. The van der Waals surface area contributed by atoms with Crippen LogP contribution in [0, 0.1) is 0 Å². The zero-order valence-electron chi connectivity index (χ0n) is 15.8. The summed E-state index contributed by atoms with van der Waals surface area (Å²) in [5, 5.41) is 12.8. The molecule has 2 aliphatic carbocycles. The van der Waals surface area contributed by atoms with Crippen molar-refractivity contribution < 1.29 is 4.79 Å². The number of rotatable bonds is 6. The van der Waals surface area contributed by atoms with E-state index in [-0.39, 0.29) is 11.2 Å². The molecule has 2 aliphatic rings. The Morgan fingerprint density at radius 2 is 1.81 bits per heavy atom. The van der Waals surface area contributed by atoms with E-state index in [0.29, 0.717) is 12.1 Å². The Morgan fingerprint density at radius 1 is 1.11 bits per heavy atom. The van der Waals surface area contributed by atoms with Crippen LogP contribution in [0.1, 0.15) is 64.3 Å². The fraction of sp³-hybridized carbons (Fsp3) is 0.600. The van der Waals surface area contributed by atoms with Crippen LogP contribution in [-0.4, -0.2) is 36.9 Å². The monoisotopic (exact) mass is 385 g/mol. The number of amides is 1. The average Bonchev–Trinajstić information content (AvgIpc) is 3.48. The highest BCUT2D eigenvalue weighted by atomic mass is 32.2. The minimum Gasteiger partial charge on any atom is -0.352 e. The van der Waals surface area contributed by atoms with Gasteiger partial charge in [-0.1, -0.05) is 37.4 Å². The maximum atomic E-state index is 12.7. The molecule has 0 spiro atoms. The fourth-order valence-corrected chi connectivity index (χ4v) is 4.60. The topological polar surface area (TPSA) is 72.7 Å². The van der Waals surface area contributed by atoms with Gasteiger partial charge in [0.2, 0.25) is 5.91 Å². The van der Waals surface area contributed by atoms with Gasteiger partial charge in [0.05, 0.1) is 5.25 Å². The first-order valence-corrected chi connectivity index (χ1v) is 10.9. The summed E-state index contributed by atoms with van der Waals surface area (Å²) >= 11 is 1.52. The molecule has 1 amide bonds. The van der Waals surface area contributed by atoms with E-state index in [0.717, 1.165) is 42.2 Å². The molecular formula is C20H27N5OS. The molecule has 2 aromatic rings. The van der Waals surface area contributed by atoms with E-state index in [1.165, 1.54) is 37.4 Å². The van der Waals surface area contributed by atoms with Crippen molar-refractivity contribution in [2.75, 3.05) is 0 Å². The molecule has 27 heavy (non-hydrogen) atoms. The summed E-state index contributed by atoms with van der Waals surface area (Å²) in [7, 11) is 0. The van der Waals surface area contributed by atoms with Crippen molar-refractivity contribution in [2.24, 2.45) is 0 Å². The maximum absolute atomic E-state index is 12.7. The van der Waals surface area contributed by atoms with Crippen molar-refractivity contribution in [1.82, 2.24) is 25.1 Å². The molecule has 4 rings (SSSR count). The van der Waals surface area contributed by atoms with Gasteiger partial charge in [-0.2, -0.15) is 0 Å². The first-order chi connectivity index (χ1) is 13.2. The van der Waals surface area contributed by atoms with E-state index in [1.807, 2.05) is 19.1 Å². The second kappa shape index (κ2) is 8.42. The minimum atomic E-state index is -0.180. The van der Waals surface area contributed by atoms with E-state index in [4.69, 9.17) is 0 Å². The van der Waals surface area contributed by atoms with Crippen molar-refractivity contribution in [3.63, 3.8) is 0 Å². The predicted molar refractivity (Wildman–Crippen MR) is 106 cm³/mol. The molecule has 0 aliphatic heterocycles. The smallest absolute Gasteiger partial charge is 0.233 e. The fourth-order valence-electron chi connectivity index (χ4n) is 3.67.